The number of unbranched alkanes of at least 4 members (excludes halogenated alkanes) is 40. The van der Waals surface area contributed by atoms with E-state index in [-0.39, 0.29) is 25.7 Å². The molecule has 17 nitrogen and oxygen atoms in total. The molecule has 0 saturated carbocycles. The first-order chi connectivity index (χ1) is 47.2. The van der Waals surface area contributed by atoms with Crippen LogP contribution in [0.15, 0.2) is 0 Å². The molecule has 0 aromatic carbocycles. The predicted molar refractivity (Wildman–Crippen MR) is 400 cm³/mol. The molecular weight excluding hydrogens is 1280 g/mol. The topological polar surface area (TPSA) is 237 Å². The van der Waals surface area contributed by atoms with Crippen molar-refractivity contribution >= 4 is 39.5 Å². The third kappa shape index (κ3) is 69.8. The van der Waals surface area contributed by atoms with E-state index in [0.717, 1.165) is 114 Å². The Morgan fingerprint density at radius 3 is 0.724 bits per heavy atom. The van der Waals surface area contributed by atoms with Crippen molar-refractivity contribution in [2.45, 2.75) is 420 Å². The second-order valence-corrected chi connectivity index (χ2v) is 32.8. The number of carbonyl (C=O) groups is 4. The van der Waals surface area contributed by atoms with Gasteiger partial charge in [0.1, 0.15) is 19.3 Å². The summed E-state index contributed by atoms with van der Waals surface area (Å²) in [4.78, 5) is 72.9. The van der Waals surface area contributed by atoms with Gasteiger partial charge >= 0.3 is 39.5 Å². The van der Waals surface area contributed by atoms with Crippen LogP contribution < -0.4 is 0 Å². The molecule has 0 bridgehead atoms. The smallest absolute Gasteiger partial charge is 0.462 e. The zero-order valence-electron chi connectivity index (χ0n) is 64.4. The van der Waals surface area contributed by atoms with E-state index >= 15 is 0 Å². The summed E-state index contributed by atoms with van der Waals surface area (Å²) in [6, 6.07) is 0. The van der Waals surface area contributed by atoms with Gasteiger partial charge in [0.05, 0.1) is 26.4 Å². The summed E-state index contributed by atoms with van der Waals surface area (Å²) in [6.07, 6.45) is 54.2. The molecular formula is C79H154O17P2. The minimum Gasteiger partial charge on any atom is -0.462 e. The number of hydrogen-bond donors (Lipinski definition) is 3. The van der Waals surface area contributed by atoms with Gasteiger partial charge in [-0.2, -0.15) is 0 Å². The minimum atomic E-state index is -4.96. The van der Waals surface area contributed by atoms with Crippen molar-refractivity contribution in [3.63, 3.8) is 0 Å². The molecule has 0 amide bonds. The summed E-state index contributed by atoms with van der Waals surface area (Å²) in [7, 11) is -9.92. The van der Waals surface area contributed by atoms with Crippen LogP contribution >= 0.6 is 15.6 Å². The number of aliphatic hydroxyl groups is 1. The molecule has 5 unspecified atom stereocenters. The van der Waals surface area contributed by atoms with Gasteiger partial charge in [0.2, 0.25) is 0 Å². The summed E-state index contributed by atoms with van der Waals surface area (Å²) in [5.74, 6) is 0.997. The van der Waals surface area contributed by atoms with Crippen molar-refractivity contribution in [2.24, 2.45) is 23.7 Å². The molecule has 0 aromatic rings. The number of esters is 4. The summed E-state index contributed by atoms with van der Waals surface area (Å²) < 4.78 is 68.6. The Balaban J connectivity index is 5.18. The van der Waals surface area contributed by atoms with Crippen LogP contribution in [0.2, 0.25) is 0 Å². The molecule has 0 radical (unpaired) electrons. The molecule has 0 aliphatic carbocycles. The quantitative estimate of drug-likeness (QED) is 0.0222. The molecule has 7 atom stereocenters. The summed E-state index contributed by atoms with van der Waals surface area (Å²) in [6.45, 7) is 14.2. The maximum Gasteiger partial charge on any atom is 0.472 e. The normalized spacial score (nSPS) is 14.6. The second kappa shape index (κ2) is 68.2. The lowest BCUT2D eigenvalue weighted by Crippen LogP contribution is -2.30. The van der Waals surface area contributed by atoms with Gasteiger partial charge in [-0.3, -0.25) is 37.3 Å². The van der Waals surface area contributed by atoms with Crippen molar-refractivity contribution < 1.29 is 80.2 Å². The Kier molecular flexibility index (Phi) is 66.8. The van der Waals surface area contributed by atoms with E-state index in [2.05, 4.69) is 55.4 Å². The predicted octanol–water partition coefficient (Wildman–Crippen LogP) is 23.2. The fourth-order valence-corrected chi connectivity index (χ4v) is 13.6. The Bertz CT molecular complexity index is 1920. The first-order valence-corrected chi connectivity index (χ1v) is 43.8. The zero-order valence-corrected chi connectivity index (χ0v) is 66.2. The van der Waals surface area contributed by atoms with Gasteiger partial charge in [-0.25, -0.2) is 9.13 Å². The first kappa shape index (κ1) is 96.1. The van der Waals surface area contributed by atoms with Gasteiger partial charge in [-0.15, -0.1) is 0 Å². The molecule has 0 saturated heterocycles. The number of rotatable bonds is 76. The standard InChI is InChI=1S/C79H154O17P2/c1-9-71(7)57-49-41-33-25-21-17-15-13-11-12-14-16-18-22-27-36-45-53-61-78(83)95-75(66-90-77(82)60-52-44-38-30-32-40-48-56-70(5)6)68-94-98(87,88)92-64-73(80)63-91-97(85,86)93-67-74(96-79(84)62-54-46-37-29-28-34-42-50-58-72(8)10-2)65-89-76(81)59-51-43-35-26-23-19-20-24-31-39-47-55-69(3)4/h69-75,80H,9-68H2,1-8H3,(H,85,86)(H,87,88)/t71?,72?,73?,74-,75-/m1/s1. The first-order valence-electron chi connectivity index (χ1n) is 40.8. The fourth-order valence-electron chi connectivity index (χ4n) is 12.0. The molecule has 19 heteroatoms. The number of phosphoric acid groups is 2. The molecule has 0 fully saturated rings. The van der Waals surface area contributed by atoms with E-state index in [9.17, 15) is 43.2 Å². The monoisotopic (exact) mass is 1440 g/mol. The Morgan fingerprint density at radius 2 is 0.490 bits per heavy atom. The largest absolute Gasteiger partial charge is 0.472 e. The van der Waals surface area contributed by atoms with Gasteiger partial charge in [-0.05, 0) is 49.4 Å². The van der Waals surface area contributed by atoms with Crippen LogP contribution in [0, 0.1) is 23.7 Å². The molecule has 0 aliphatic rings. The zero-order chi connectivity index (χ0) is 72.4. The van der Waals surface area contributed by atoms with Crippen LogP contribution in [0.3, 0.4) is 0 Å². The molecule has 0 aromatic heterocycles. The van der Waals surface area contributed by atoms with E-state index in [1.54, 1.807) is 0 Å². The van der Waals surface area contributed by atoms with Crippen LogP contribution in [-0.4, -0.2) is 96.7 Å². The third-order valence-electron chi connectivity index (χ3n) is 19.0. The van der Waals surface area contributed by atoms with Crippen molar-refractivity contribution in [1.82, 2.24) is 0 Å². The molecule has 98 heavy (non-hydrogen) atoms. The number of carbonyl (C=O) groups excluding carboxylic acids is 4. The number of ether oxygens (including phenoxy) is 4. The molecule has 3 N–H and O–H groups in total. The van der Waals surface area contributed by atoms with Gasteiger partial charge in [0, 0.05) is 25.7 Å². The van der Waals surface area contributed by atoms with Gasteiger partial charge in [0.25, 0.3) is 0 Å². The van der Waals surface area contributed by atoms with E-state index in [0.29, 0.717) is 31.6 Å². The second-order valence-electron chi connectivity index (χ2n) is 29.9. The minimum absolute atomic E-state index is 0.105. The summed E-state index contributed by atoms with van der Waals surface area (Å²) in [5, 5.41) is 10.6. The highest BCUT2D eigenvalue weighted by Crippen LogP contribution is 2.45. The van der Waals surface area contributed by atoms with Gasteiger partial charge in [-0.1, -0.05) is 351 Å². The maximum atomic E-state index is 13.1. The Morgan fingerprint density at radius 1 is 0.286 bits per heavy atom. The lowest BCUT2D eigenvalue weighted by Gasteiger charge is -2.21. The van der Waals surface area contributed by atoms with Crippen molar-refractivity contribution in [1.29, 1.82) is 0 Å². The number of aliphatic hydroxyl groups excluding tert-OH is 1. The van der Waals surface area contributed by atoms with Crippen LogP contribution in [0.25, 0.3) is 0 Å². The highest BCUT2D eigenvalue weighted by Gasteiger charge is 2.30. The Hall–Kier alpha value is -1.94. The van der Waals surface area contributed by atoms with Gasteiger partial charge in [0.15, 0.2) is 12.2 Å². The lowest BCUT2D eigenvalue weighted by atomic mass is 9.99. The van der Waals surface area contributed by atoms with Crippen LogP contribution in [-0.2, 0) is 65.4 Å². The average molecular weight is 1440 g/mol. The lowest BCUT2D eigenvalue weighted by molar-refractivity contribution is -0.161. The van der Waals surface area contributed by atoms with Crippen molar-refractivity contribution in [2.75, 3.05) is 39.6 Å². The maximum absolute atomic E-state index is 13.1. The van der Waals surface area contributed by atoms with Crippen LogP contribution in [0.1, 0.15) is 402 Å². The van der Waals surface area contributed by atoms with Crippen LogP contribution in [0.5, 0.6) is 0 Å². The molecule has 0 heterocycles. The number of phosphoric ester groups is 2. The molecule has 0 aliphatic heterocycles. The van der Waals surface area contributed by atoms with E-state index in [1.807, 2.05) is 0 Å². The van der Waals surface area contributed by atoms with Crippen molar-refractivity contribution in [3.8, 4) is 0 Å². The third-order valence-corrected chi connectivity index (χ3v) is 20.9. The summed E-state index contributed by atoms with van der Waals surface area (Å²) >= 11 is 0. The highest BCUT2D eigenvalue weighted by atomic mass is 31.2. The van der Waals surface area contributed by atoms with E-state index in [4.69, 9.17) is 37.0 Å². The number of hydrogen-bond acceptors (Lipinski definition) is 15. The average Bonchev–Trinajstić information content (AvgIpc) is 1.59. The highest BCUT2D eigenvalue weighted by molar-refractivity contribution is 7.47. The molecule has 582 valence electrons. The SMILES string of the molecule is CCC(C)CCCCCCCCCCCCCCCCCCCCC(=O)O[C@H](COC(=O)CCCCCCCCCC(C)C)COP(=O)(O)OCC(O)COP(=O)(O)OC[C@@H](COC(=O)CCCCCCCCCCCCCC(C)C)OC(=O)CCCCCCCCCCC(C)CC. The van der Waals surface area contributed by atoms with E-state index < -0.39 is 97.5 Å². The van der Waals surface area contributed by atoms with Crippen molar-refractivity contribution in [3.05, 3.63) is 0 Å². The van der Waals surface area contributed by atoms with E-state index in [1.165, 1.54) is 199 Å². The van der Waals surface area contributed by atoms with Gasteiger partial charge < -0.3 is 33.8 Å². The summed E-state index contributed by atoms with van der Waals surface area (Å²) in [5.41, 5.74) is 0. The molecule has 0 spiro atoms. The molecule has 0 rings (SSSR count). The fraction of sp³-hybridized carbons (Fsp3) is 0.949. The van der Waals surface area contributed by atoms with Crippen LogP contribution in [0.4, 0.5) is 0 Å². The Labute approximate surface area is 600 Å².